The fourth-order valence-corrected chi connectivity index (χ4v) is 1.58. The molecule has 0 aliphatic carbocycles. The molecule has 0 aromatic heterocycles. The van der Waals surface area contributed by atoms with Gasteiger partial charge in [0.25, 0.3) is 0 Å². The summed E-state index contributed by atoms with van der Waals surface area (Å²) in [5.74, 6) is -1.53. The zero-order chi connectivity index (χ0) is 15.5. The molecule has 0 saturated carbocycles. The lowest BCUT2D eigenvalue weighted by atomic mass is 9.80. The number of benzene rings is 1. The molecule has 20 heavy (non-hydrogen) atoms. The van der Waals surface area contributed by atoms with E-state index in [9.17, 15) is 14.7 Å². The highest BCUT2D eigenvalue weighted by Gasteiger charge is 2.22. The van der Waals surface area contributed by atoms with Crippen LogP contribution in [0.4, 0.5) is 5.69 Å². The van der Waals surface area contributed by atoms with Gasteiger partial charge in [-0.05, 0) is 29.5 Å². The Balaban J connectivity index is 2.77. The minimum Gasteiger partial charge on any atom is -0.507 e. The molecule has 1 aromatic carbocycles. The molecule has 0 saturated heterocycles. The van der Waals surface area contributed by atoms with Crippen molar-refractivity contribution in [3.05, 3.63) is 23.8 Å². The van der Waals surface area contributed by atoms with Crippen LogP contribution in [0.25, 0.3) is 0 Å². The molecular formula is C15H21NO4. The van der Waals surface area contributed by atoms with Crippen LogP contribution in [0.2, 0.25) is 0 Å². The van der Waals surface area contributed by atoms with E-state index >= 15 is 0 Å². The maximum absolute atomic E-state index is 11.9. The highest BCUT2D eigenvalue weighted by molar-refractivity contribution is 5.95. The van der Waals surface area contributed by atoms with Crippen molar-refractivity contribution in [1.82, 2.24) is 0 Å². The molecule has 5 heteroatoms. The minimum absolute atomic E-state index is 0.0263. The number of aromatic hydroxyl groups is 1. The summed E-state index contributed by atoms with van der Waals surface area (Å²) < 4.78 is 0. The first-order valence-electron chi connectivity index (χ1n) is 6.47. The van der Waals surface area contributed by atoms with Crippen molar-refractivity contribution < 1.29 is 19.8 Å². The number of amides is 1. The smallest absolute Gasteiger partial charge is 0.339 e. The molecule has 110 valence electrons. The van der Waals surface area contributed by atoms with E-state index < -0.39 is 5.97 Å². The quantitative estimate of drug-likeness (QED) is 0.739. The molecule has 1 amide bonds. The average Bonchev–Trinajstić information content (AvgIpc) is 2.29. The van der Waals surface area contributed by atoms with Gasteiger partial charge >= 0.3 is 5.97 Å². The van der Waals surface area contributed by atoms with Crippen LogP contribution in [0.3, 0.4) is 0 Å². The standard InChI is InChI=1S/C15H21NO4/c1-9(15(2,3)4)7-13(18)16-10-5-6-12(17)11(8-10)14(19)20/h5-6,8-9,17H,7H2,1-4H3,(H,16,18)(H,19,20). The van der Waals surface area contributed by atoms with E-state index in [0.717, 1.165) is 0 Å². The van der Waals surface area contributed by atoms with Gasteiger partial charge in [0.15, 0.2) is 0 Å². The molecule has 0 radical (unpaired) electrons. The van der Waals surface area contributed by atoms with Crippen molar-refractivity contribution in [2.24, 2.45) is 11.3 Å². The van der Waals surface area contributed by atoms with E-state index in [1.54, 1.807) is 0 Å². The van der Waals surface area contributed by atoms with Crippen molar-refractivity contribution in [2.75, 3.05) is 5.32 Å². The van der Waals surface area contributed by atoms with E-state index in [0.29, 0.717) is 12.1 Å². The minimum atomic E-state index is -1.23. The summed E-state index contributed by atoms with van der Waals surface area (Å²) in [5, 5.41) is 21.0. The Morgan fingerprint density at radius 3 is 2.40 bits per heavy atom. The topological polar surface area (TPSA) is 86.6 Å². The Kier molecular flexibility index (Phi) is 4.76. The number of carbonyl (C=O) groups excluding carboxylic acids is 1. The van der Waals surface area contributed by atoms with Crippen LogP contribution in [0.1, 0.15) is 44.5 Å². The molecule has 1 atom stereocenters. The van der Waals surface area contributed by atoms with Gasteiger partial charge in [-0.15, -0.1) is 0 Å². The van der Waals surface area contributed by atoms with Gasteiger partial charge in [-0.25, -0.2) is 4.79 Å². The monoisotopic (exact) mass is 279 g/mol. The third-order valence-corrected chi connectivity index (χ3v) is 3.48. The number of rotatable bonds is 4. The highest BCUT2D eigenvalue weighted by atomic mass is 16.4. The fraction of sp³-hybridized carbons (Fsp3) is 0.467. The fourth-order valence-electron chi connectivity index (χ4n) is 1.58. The lowest BCUT2D eigenvalue weighted by molar-refractivity contribution is -0.117. The molecule has 1 rings (SSSR count). The van der Waals surface area contributed by atoms with E-state index in [1.807, 2.05) is 6.92 Å². The SMILES string of the molecule is CC(CC(=O)Nc1ccc(O)c(C(=O)O)c1)C(C)(C)C. The van der Waals surface area contributed by atoms with E-state index in [4.69, 9.17) is 5.11 Å². The normalized spacial score (nSPS) is 12.8. The maximum Gasteiger partial charge on any atom is 0.339 e. The number of carboxylic acid groups (broad SMARTS) is 1. The summed E-state index contributed by atoms with van der Waals surface area (Å²) >= 11 is 0. The zero-order valence-electron chi connectivity index (χ0n) is 12.2. The summed E-state index contributed by atoms with van der Waals surface area (Å²) in [6, 6.07) is 3.98. The Labute approximate surface area is 118 Å². The van der Waals surface area contributed by atoms with Gasteiger partial charge in [0, 0.05) is 12.1 Å². The average molecular weight is 279 g/mol. The second-order valence-electron chi connectivity index (χ2n) is 6.06. The summed E-state index contributed by atoms with van der Waals surface area (Å²) in [6.45, 7) is 8.19. The molecule has 5 nitrogen and oxygen atoms in total. The molecule has 1 unspecified atom stereocenters. The van der Waals surface area contributed by atoms with Crippen LogP contribution in [0.5, 0.6) is 5.75 Å². The van der Waals surface area contributed by atoms with Gasteiger partial charge in [0.1, 0.15) is 11.3 Å². The van der Waals surface area contributed by atoms with Gasteiger partial charge in [0.2, 0.25) is 5.91 Å². The number of hydrogen-bond acceptors (Lipinski definition) is 3. The molecule has 0 heterocycles. The first-order valence-corrected chi connectivity index (χ1v) is 6.47. The molecule has 0 bridgehead atoms. The van der Waals surface area contributed by atoms with E-state index in [2.05, 4.69) is 26.1 Å². The predicted molar refractivity (Wildman–Crippen MR) is 76.9 cm³/mol. The molecule has 0 aliphatic heterocycles. The van der Waals surface area contributed by atoms with Gasteiger partial charge in [-0.2, -0.15) is 0 Å². The van der Waals surface area contributed by atoms with Crippen LogP contribution < -0.4 is 5.32 Å². The molecular weight excluding hydrogens is 258 g/mol. The van der Waals surface area contributed by atoms with Crippen LogP contribution in [-0.2, 0) is 4.79 Å². The number of phenols is 1. The summed E-state index contributed by atoms with van der Waals surface area (Å²) in [7, 11) is 0. The van der Waals surface area contributed by atoms with Crippen LogP contribution in [0, 0.1) is 11.3 Å². The van der Waals surface area contributed by atoms with E-state index in [1.165, 1.54) is 18.2 Å². The summed E-state index contributed by atoms with van der Waals surface area (Å²) in [4.78, 5) is 22.8. The molecule has 0 aliphatic rings. The van der Waals surface area contributed by atoms with E-state index in [-0.39, 0.29) is 28.6 Å². The second-order valence-corrected chi connectivity index (χ2v) is 6.06. The van der Waals surface area contributed by atoms with Crippen LogP contribution >= 0.6 is 0 Å². The number of carbonyl (C=O) groups is 2. The van der Waals surface area contributed by atoms with Crippen molar-refractivity contribution >= 4 is 17.6 Å². The zero-order valence-corrected chi connectivity index (χ0v) is 12.2. The van der Waals surface area contributed by atoms with Gasteiger partial charge in [-0.3, -0.25) is 4.79 Å². The van der Waals surface area contributed by atoms with Gasteiger partial charge in [0.05, 0.1) is 0 Å². The highest BCUT2D eigenvalue weighted by Crippen LogP contribution is 2.28. The van der Waals surface area contributed by atoms with Crippen LogP contribution in [-0.4, -0.2) is 22.1 Å². The summed E-state index contributed by atoms with van der Waals surface area (Å²) in [6.07, 6.45) is 0.354. The molecule has 0 fully saturated rings. The predicted octanol–water partition coefficient (Wildman–Crippen LogP) is 3.10. The van der Waals surface area contributed by atoms with Crippen LogP contribution in [0.15, 0.2) is 18.2 Å². The van der Waals surface area contributed by atoms with Crippen molar-refractivity contribution in [3.63, 3.8) is 0 Å². The van der Waals surface area contributed by atoms with Gasteiger partial charge in [-0.1, -0.05) is 27.7 Å². The molecule has 3 N–H and O–H groups in total. The Morgan fingerprint density at radius 2 is 1.90 bits per heavy atom. The van der Waals surface area contributed by atoms with Crippen molar-refractivity contribution in [1.29, 1.82) is 0 Å². The molecule has 1 aromatic rings. The number of carboxylic acids is 1. The third kappa shape index (κ3) is 4.26. The number of aromatic carboxylic acids is 1. The molecule has 0 spiro atoms. The lowest BCUT2D eigenvalue weighted by Crippen LogP contribution is -2.24. The van der Waals surface area contributed by atoms with Crippen molar-refractivity contribution in [3.8, 4) is 5.75 Å². The second kappa shape index (κ2) is 5.94. The van der Waals surface area contributed by atoms with Crippen molar-refractivity contribution in [2.45, 2.75) is 34.1 Å². The maximum atomic E-state index is 11.9. The number of anilines is 1. The first-order chi connectivity index (χ1) is 9.11. The Bertz CT molecular complexity index is 517. The van der Waals surface area contributed by atoms with Gasteiger partial charge < -0.3 is 15.5 Å². The lowest BCUT2D eigenvalue weighted by Gasteiger charge is -2.26. The summed E-state index contributed by atoms with van der Waals surface area (Å²) in [5.41, 5.74) is 0.163. The number of hydrogen-bond donors (Lipinski definition) is 3. The Morgan fingerprint density at radius 1 is 1.30 bits per heavy atom. The first kappa shape index (κ1) is 16.0. The number of nitrogens with one attached hydrogen (secondary N) is 1. The Hall–Kier alpha value is -2.04. The largest absolute Gasteiger partial charge is 0.507 e. The third-order valence-electron chi connectivity index (χ3n) is 3.48.